The summed E-state index contributed by atoms with van der Waals surface area (Å²) in [5.41, 5.74) is 0. The normalized spacial score (nSPS) is 11.4. The summed E-state index contributed by atoms with van der Waals surface area (Å²) in [6.45, 7) is 4.99. The standard InChI is InChI=1S/C12H21FN4S/c1-5-12(6-2,18-4)8-16-10-9(13)7-15-11(14-3)17-10/h7H,5-6,8H2,1-4H3,(H2,14,15,16,17). The van der Waals surface area contributed by atoms with E-state index in [2.05, 4.69) is 40.7 Å². The average molecular weight is 272 g/mol. The highest BCUT2D eigenvalue weighted by Gasteiger charge is 2.25. The molecule has 0 radical (unpaired) electrons. The predicted molar refractivity (Wildman–Crippen MR) is 76.9 cm³/mol. The first-order valence-corrected chi connectivity index (χ1v) is 7.32. The number of hydrogen-bond acceptors (Lipinski definition) is 5. The summed E-state index contributed by atoms with van der Waals surface area (Å²) in [6, 6.07) is 0. The van der Waals surface area contributed by atoms with E-state index < -0.39 is 5.82 Å². The van der Waals surface area contributed by atoms with E-state index in [0.717, 1.165) is 12.8 Å². The zero-order valence-corrected chi connectivity index (χ0v) is 12.2. The molecule has 1 rings (SSSR count). The van der Waals surface area contributed by atoms with Crippen LogP contribution in [0.5, 0.6) is 0 Å². The Kier molecular flexibility index (Phi) is 5.65. The second-order valence-corrected chi connectivity index (χ2v) is 5.36. The zero-order chi connectivity index (χ0) is 13.6. The number of nitrogens with zero attached hydrogens (tertiary/aromatic N) is 2. The van der Waals surface area contributed by atoms with Gasteiger partial charge in [0.15, 0.2) is 11.6 Å². The van der Waals surface area contributed by atoms with Gasteiger partial charge in [-0.15, -0.1) is 0 Å². The molecule has 2 N–H and O–H groups in total. The van der Waals surface area contributed by atoms with Crippen molar-refractivity contribution in [3.05, 3.63) is 12.0 Å². The van der Waals surface area contributed by atoms with Crippen LogP contribution in [0.4, 0.5) is 16.2 Å². The quantitative estimate of drug-likeness (QED) is 0.799. The van der Waals surface area contributed by atoms with Gasteiger partial charge in [-0.1, -0.05) is 13.8 Å². The van der Waals surface area contributed by atoms with Gasteiger partial charge in [0.05, 0.1) is 6.20 Å². The van der Waals surface area contributed by atoms with E-state index in [0.29, 0.717) is 12.5 Å². The summed E-state index contributed by atoms with van der Waals surface area (Å²) >= 11 is 1.81. The van der Waals surface area contributed by atoms with Crippen LogP contribution in [0.3, 0.4) is 0 Å². The second-order valence-electron chi connectivity index (χ2n) is 4.09. The number of nitrogens with one attached hydrogen (secondary N) is 2. The lowest BCUT2D eigenvalue weighted by Gasteiger charge is -2.30. The fourth-order valence-electron chi connectivity index (χ4n) is 1.72. The Morgan fingerprint density at radius 1 is 1.39 bits per heavy atom. The van der Waals surface area contributed by atoms with Crippen LogP contribution in [-0.4, -0.2) is 34.6 Å². The molecule has 0 aliphatic heterocycles. The van der Waals surface area contributed by atoms with Crippen molar-refractivity contribution < 1.29 is 4.39 Å². The zero-order valence-electron chi connectivity index (χ0n) is 11.4. The maximum atomic E-state index is 13.6. The molecule has 1 aromatic heterocycles. The SMILES string of the molecule is CCC(CC)(CNc1nc(NC)ncc1F)SC. The average Bonchev–Trinajstić information content (AvgIpc) is 2.42. The second kappa shape index (κ2) is 6.78. The minimum atomic E-state index is -0.420. The van der Waals surface area contributed by atoms with Gasteiger partial charge in [-0.2, -0.15) is 16.7 Å². The van der Waals surface area contributed by atoms with Gasteiger partial charge in [-0.3, -0.25) is 0 Å². The van der Waals surface area contributed by atoms with Gasteiger partial charge in [0.25, 0.3) is 0 Å². The monoisotopic (exact) mass is 272 g/mol. The Morgan fingerprint density at radius 2 is 2.06 bits per heavy atom. The van der Waals surface area contributed by atoms with Gasteiger partial charge in [-0.25, -0.2) is 9.37 Å². The summed E-state index contributed by atoms with van der Waals surface area (Å²) < 4.78 is 13.7. The van der Waals surface area contributed by atoms with Crippen LogP contribution >= 0.6 is 11.8 Å². The van der Waals surface area contributed by atoms with Crippen molar-refractivity contribution in [3.8, 4) is 0 Å². The van der Waals surface area contributed by atoms with E-state index in [9.17, 15) is 4.39 Å². The Hall–Kier alpha value is -1.04. The van der Waals surface area contributed by atoms with Gasteiger partial charge in [0, 0.05) is 18.3 Å². The van der Waals surface area contributed by atoms with Crippen LogP contribution < -0.4 is 10.6 Å². The predicted octanol–water partition coefficient (Wildman–Crippen LogP) is 2.99. The molecule has 1 heterocycles. The summed E-state index contributed by atoms with van der Waals surface area (Å²) in [6.07, 6.45) is 5.33. The van der Waals surface area contributed by atoms with E-state index in [-0.39, 0.29) is 10.6 Å². The summed E-state index contributed by atoms with van der Waals surface area (Å²) in [4.78, 5) is 7.90. The highest BCUT2D eigenvalue weighted by molar-refractivity contribution is 8.00. The molecule has 0 amide bonds. The minimum Gasteiger partial charge on any atom is -0.366 e. The Labute approximate surface area is 112 Å². The number of aromatic nitrogens is 2. The highest BCUT2D eigenvalue weighted by Crippen LogP contribution is 2.30. The van der Waals surface area contributed by atoms with Crippen molar-refractivity contribution in [1.82, 2.24) is 9.97 Å². The fraction of sp³-hybridized carbons (Fsp3) is 0.667. The molecule has 0 saturated heterocycles. The van der Waals surface area contributed by atoms with Crippen LogP contribution in [-0.2, 0) is 0 Å². The molecular formula is C12H21FN4S. The maximum Gasteiger partial charge on any atom is 0.224 e. The number of halogens is 1. The largest absolute Gasteiger partial charge is 0.366 e. The maximum absolute atomic E-state index is 13.6. The third-order valence-corrected chi connectivity index (χ3v) is 4.86. The van der Waals surface area contributed by atoms with Gasteiger partial charge in [-0.05, 0) is 19.1 Å². The van der Waals surface area contributed by atoms with E-state index in [1.165, 1.54) is 6.20 Å². The van der Waals surface area contributed by atoms with Crippen LogP contribution in [0.1, 0.15) is 26.7 Å². The first kappa shape index (κ1) is 15.0. The molecule has 0 aliphatic rings. The topological polar surface area (TPSA) is 49.8 Å². The van der Waals surface area contributed by atoms with E-state index >= 15 is 0 Å². The van der Waals surface area contributed by atoms with Crippen molar-refractivity contribution in [2.45, 2.75) is 31.4 Å². The van der Waals surface area contributed by atoms with Crippen LogP contribution in [0.15, 0.2) is 6.20 Å². The number of thioether (sulfide) groups is 1. The van der Waals surface area contributed by atoms with Crippen molar-refractivity contribution in [1.29, 1.82) is 0 Å². The lowest BCUT2D eigenvalue weighted by Crippen LogP contribution is -2.32. The molecule has 0 atom stereocenters. The first-order valence-electron chi connectivity index (χ1n) is 6.10. The number of rotatable bonds is 7. The van der Waals surface area contributed by atoms with Gasteiger partial charge >= 0.3 is 0 Å². The van der Waals surface area contributed by atoms with Crippen LogP contribution in [0, 0.1) is 5.82 Å². The van der Waals surface area contributed by atoms with E-state index in [1.54, 1.807) is 7.05 Å². The minimum absolute atomic E-state index is 0.122. The van der Waals surface area contributed by atoms with Crippen LogP contribution in [0.25, 0.3) is 0 Å². The van der Waals surface area contributed by atoms with Gasteiger partial charge < -0.3 is 10.6 Å². The van der Waals surface area contributed by atoms with Crippen molar-refractivity contribution >= 4 is 23.5 Å². The Balaban J connectivity index is 2.78. The Bertz CT molecular complexity index is 374. The molecule has 0 bridgehead atoms. The molecule has 0 fully saturated rings. The van der Waals surface area contributed by atoms with Crippen molar-refractivity contribution in [3.63, 3.8) is 0 Å². The van der Waals surface area contributed by atoms with E-state index in [1.807, 2.05) is 11.8 Å². The van der Waals surface area contributed by atoms with Gasteiger partial charge in [0.2, 0.25) is 5.95 Å². The molecule has 0 aliphatic carbocycles. The molecule has 0 spiro atoms. The Morgan fingerprint density at radius 3 is 2.56 bits per heavy atom. The molecule has 1 aromatic rings. The summed E-state index contributed by atoms with van der Waals surface area (Å²) in [5.74, 6) is 0.257. The highest BCUT2D eigenvalue weighted by atomic mass is 32.2. The molecule has 0 unspecified atom stereocenters. The van der Waals surface area contributed by atoms with E-state index in [4.69, 9.17) is 0 Å². The molecule has 0 aromatic carbocycles. The fourth-order valence-corrected chi connectivity index (χ4v) is 2.51. The van der Waals surface area contributed by atoms with Gasteiger partial charge in [0.1, 0.15) is 0 Å². The third kappa shape index (κ3) is 3.48. The smallest absolute Gasteiger partial charge is 0.224 e. The first-order chi connectivity index (χ1) is 8.60. The molecule has 0 saturated carbocycles. The number of anilines is 2. The number of hydrogen-bond donors (Lipinski definition) is 2. The summed E-state index contributed by atoms with van der Waals surface area (Å²) in [7, 11) is 1.71. The van der Waals surface area contributed by atoms with Crippen molar-refractivity contribution in [2.24, 2.45) is 0 Å². The molecule has 6 heteroatoms. The summed E-state index contributed by atoms with van der Waals surface area (Å²) in [5, 5.41) is 5.89. The molecule has 102 valence electrons. The lowest BCUT2D eigenvalue weighted by molar-refractivity contribution is 0.567. The molecule has 18 heavy (non-hydrogen) atoms. The van der Waals surface area contributed by atoms with Crippen molar-refractivity contribution in [2.75, 3.05) is 30.5 Å². The molecular weight excluding hydrogens is 251 g/mol. The lowest BCUT2D eigenvalue weighted by atomic mass is 10.0. The third-order valence-electron chi connectivity index (χ3n) is 3.27. The van der Waals surface area contributed by atoms with Crippen LogP contribution in [0.2, 0.25) is 0 Å². The molecule has 4 nitrogen and oxygen atoms in total.